The molecule has 2 unspecified atom stereocenters. The molecule has 2 heterocycles. The van der Waals surface area contributed by atoms with Crippen LogP contribution in [0.4, 0.5) is 0 Å². The second-order valence-corrected chi connectivity index (χ2v) is 10.3. The van der Waals surface area contributed by atoms with Crippen molar-refractivity contribution >= 4 is 5.97 Å². The maximum absolute atomic E-state index is 12.0. The quantitative estimate of drug-likeness (QED) is 0.310. The zero-order valence-corrected chi connectivity index (χ0v) is 20.9. The molecule has 2 aromatic carbocycles. The first-order valence-electron chi connectivity index (χ1n) is 13.1. The van der Waals surface area contributed by atoms with Crippen LogP contribution in [-0.4, -0.2) is 42.4 Å². The number of H-pyrrole nitrogens is 1. The van der Waals surface area contributed by atoms with E-state index < -0.39 is 5.97 Å². The standard InChI is InChI=1S/C29H31N5O3/c1-18(19-7-3-2-4-8-19)37-23-12-6-10-21(14-23)20-9-5-11-22(13-20)34-28(26(16-31-34)29(35)36)25-15-24(25)27-17-30-33-32-27/h5-6,9-14,16-19,24-25H,2-4,7-8,15H2,1H3,(H,35,36)(H,30,32,33)/t18-,24?,25?/m0/s1. The van der Waals surface area contributed by atoms with Crippen molar-refractivity contribution in [1.29, 1.82) is 0 Å². The van der Waals surface area contributed by atoms with Gasteiger partial charge in [0.15, 0.2) is 0 Å². The van der Waals surface area contributed by atoms with Crippen molar-refractivity contribution in [3.8, 4) is 22.6 Å². The molecule has 8 nitrogen and oxygen atoms in total. The monoisotopic (exact) mass is 497 g/mol. The summed E-state index contributed by atoms with van der Waals surface area (Å²) in [4.78, 5) is 12.0. The number of hydrogen-bond acceptors (Lipinski definition) is 5. The first kappa shape index (κ1) is 23.5. The van der Waals surface area contributed by atoms with Crippen LogP contribution < -0.4 is 4.74 Å². The van der Waals surface area contributed by atoms with Crippen molar-refractivity contribution in [1.82, 2.24) is 25.2 Å². The number of rotatable bonds is 8. The van der Waals surface area contributed by atoms with E-state index in [0.29, 0.717) is 11.6 Å². The highest BCUT2D eigenvalue weighted by molar-refractivity contribution is 5.89. The minimum Gasteiger partial charge on any atom is -0.490 e. The van der Waals surface area contributed by atoms with Crippen LogP contribution in [0.15, 0.2) is 60.9 Å². The van der Waals surface area contributed by atoms with E-state index in [2.05, 4.69) is 51.7 Å². The number of carbonyl (C=O) groups is 1. The molecule has 0 bridgehead atoms. The van der Waals surface area contributed by atoms with E-state index in [1.807, 2.05) is 24.3 Å². The van der Waals surface area contributed by atoms with Crippen molar-refractivity contribution in [3.05, 3.63) is 77.9 Å². The third-order valence-corrected chi connectivity index (χ3v) is 7.89. The molecule has 0 radical (unpaired) electrons. The molecule has 2 aromatic heterocycles. The van der Waals surface area contributed by atoms with Crippen molar-refractivity contribution in [2.24, 2.45) is 5.92 Å². The van der Waals surface area contributed by atoms with Crippen LogP contribution in [0.25, 0.3) is 16.8 Å². The number of aromatic amines is 1. The second-order valence-electron chi connectivity index (χ2n) is 10.3. The number of carboxylic acid groups (broad SMARTS) is 1. The average Bonchev–Trinajstić information content (AvgIpc) is 3.30. The molecule has 2 N–H and O–H groups in total. The Balaban J connectivity index is 1.28. The van der Waals surface area contributed by atoms with Gasteiger partial charge >= 0.3 is 5.97 Å². The van der Waals surface area contributed by atoms with E-state index in [1.54, 1.807) is 10.9 Å². The molecule has 2 saturated carbocycles. The van der Waals surface area contributed by atoms with Gasteiger partial charge in [0.2, 0.25) is 0 Å². The summed E-state index contributed by atoms with van der Waals surface area (Å²) in [6, 6.07) is 16.3. The lowest BCUT2D eigenvalue weighted by atomic mass is 9.86. The van der Waals surface area contributed by atoms with E-state index in [9.17, 15) is 9.90 Å². The molecule has 190 valence electrons. The highest BCUT2D eigenvalue weighted by Gasteiger charge is 2.45. The van der Waals surface area contributed by atoms with Gasteiger partial charge in [-0.25, -0.2) is 9.48 Å². The van der Waals surface area contributed by atoms with Crippen LogP contribution in [0.1, 0.15) is 79.0 Å². The molecule has 0 amide bonds. The van der Waals surface area contributed by atoms with Gasteiger partial charge in [-0.1, -0.05) is 43.5 Å². The van der Waals surface area contributed by atoms with Crippen molar-refractivity contribution < 1.29 is 14.6 Å². The topological polar surface area (TPSA) is 106 Å². The lowest BCUT2D eigenvalue weighted by Crippen LogP contribution is -2.25. The SMILES string of the molecule is C[C@H](Oc1cccc(-c2cccc(-n3ncc(C(=O)O)c3C3CC3c3cn[nH]n3)c2)c1)C1CCCCC1. The van der Waals surface area contributed by atoms with Gasteiger partial charge in [-0.15, -0.1) is 0 Å². The first-order chi connectivity index (χ1) is 18.1. The van der Waals surface area contributed by atoms with E-state index in [1.165, 1.54) is 38.3 Å². The van der Waals surface area contributed by atoms with Crippen LogP contribution in [0.5, 0.6) is 5.75 Å². The second kappa shape index (κ2) is 9.84. The minimum absolute atomic E-state index is 0.0281. The number of benzene rings is 2. The van der Waals surface area contributed by atoms with E-state index in [0.717, 1.165) is 34.7 Å². The highest BCUT2D eigenvalue weighted by Crippen LogP contribution is 2.55. The maximum atomic E-state index is 12.0. The predicted molar refractivity (Wildman–Crippen MR) is 139 cm³/mol. The lowest BCUT2D eigenvalue weighted by molar-refractivity contribution is 0.0695. The Morgan fingerprint density at radius 1 is 1.05 bits per heavy atom. The Morgan fingerprint density at radius 3 is 2.59 bits per heavy atom. The molecule has 0 aliphatic heterocycles. The molecule has 2 aliphatic carbocycles. The van der Waals surface area contributed by atoms with Crippen molar-refractivity contribution in [3.63, 3.8) is 0 Å². The van der Waals surface area contributed by atoms with Crippen LogP contribution in [0.2, 0.25) is 0 Å². The summed E-state index contributed by atoms with van der Waals surface area (Å²) in [6.07, 6.45) is 10.6. The van der Waals surface area contributed by atoms with Crippen LogP contribution in [0, 0.1) is 5.92 Å². The van der Waals surface area contributed by atoms with E-state index in [-0.39, 0.29) is 23.5 Å². The molecule has 3 atom stereocenters. The number of ether oxygens (including phenoxy) is 1. The summed E-state index contributed by atoms with van der Waals surface area (Å²) in [6.45, 7) is 2.19. The van der Waals surface area contributed by atoms with Crippen LogP contribution >= 0.6 is 0 Å². The molecule has 0 spiro atoms. The molecule has 2 aliphatic rings. The maximum Gasteiger partial charge on any atom is 0.339 e. The number of carboxylic acids is 1. The third-order valence-electron chi connectivity index (χ3n) is 7.89. The summed E-state index contributed by atoms with van der Waals surface area (Å²) in [7, 11) is 0. The Bertz CT molecular complexity index is 1390. The Labute approximate surface area is 215 Å². The molecular weight excluding hydrogens is 466 g/mol. The van der Waals surface area contributed by atoms with Gasteiger partial charge in [-0.05, 0) is 67.5 Å². The van der Waals surface area contributed by atoms with Gasteiger partial charge in [0.1, 0.15) is 11.3 Å². The predicted octanol–water partition coefficient (Wildman–Crippen LogP) is 5.97. The fourth-order valence-corrected chi connectivity index (χ4v) is 5.78. The van der Waals surface area contributed by atoms with Gasteiger partial charge in [0, 0.05) is 11.8 Å². The number of aromatic carboxylic acids is 1. The zero-order chi connectivity index (χ0) is 25.4. The van der Waals surface area contributed by atoms with Gasteiger partial charge < -0.3 is 9.84 Å². The van der Waals surface area contributed by atoms with Gasteiger partial charge in [-0.2, -0.15) is 20.5 Å². The molecule has 2 fully saturated rings. The summed E-state index contributed by atoms with van der Waals surface area (Å²) in [5, 5.41) is 25.1. The third kappa shape index (κ3) is 4.75. The lowest BCUT2D eigenvalue weighted by Gasteiger charge is -2.28. The average molecular weight is 498 g/mol. The highest BCUT2D eigenvalue weighted by atomic mass is 16.5. The number of hydrogen-bond donors (Lipinski definition) is 2. The summed E-state index contributed by atoms with van der Waals surface area (Å²) in [5.74, 6) is 0.684. The fraction of sp³-hybridized carbons (Fsp3) is 0.379. The summed E-state index contributed by atoms with van der Waals surface area (Å²) < 4.78 is 8.14. The normalized spacial score (nSPS) is 20.5. The fourth-order valence-electron chi connectivity index (χ4n) is 5.78. The van der Waals surface area contributed by atoms with Gasteiger partial charge in [0.05, 0.1) is 35.6 Å². The molecule has 37 heavy (non-hydrogen) atoms. The summed E-state index contributed by atoms with van der Waals surface area (Å²) >= 11 is 0. The Kier molecular flexibility index (Phi) is 6.24. The molecule has 8 heteroatoms. The molecule has 4 aromatic rings. The van der Waals surface area contributed by atoms with Gasteiger partial charge in [-0.3, -0.25) is 0 Å². The van der Waals surface area contributed by atoms with Crippen molar-refractivity contribution in [2.75, 3.05) is 0 Å². The Hall–Kier alpha value is -3.94. The zero-order valence-electron chi connectivity index (χ0n) is 20.9. The van der Waals surface area contributed by atoms with E-state index in [4.69, 9.17) is 4.74 Å². The number of nitrogens with one attached hydrogen (secondary N) is 1. The molecule has 0 saturated heterocycles. The molecule has 6 rings (SSSR count). The smallest absolute Gasteiger partial charge is 0.339 e. The number of aromatic nitrogens is 5. The van der Waals surface area contributed by atoms with Crippen molar-refractivity contribution in [2.45, 2.75) is 63.4 Å². The summed E-state index contributed by atoms with van der Waals surface area (Å²) in [5.41, 5.74) is 4.68. The number of nitrogens with zero attached hydrogens (tertiary/aromatic N) is 4. The van der Waals surface area contributed by atoms with Crippen LogP contribution in [-0.2, 0) is 0 Å². The first-order valence-corrected chi connectivity index (χ1v) is 13.1. The van der Waals surface area contributed by atoms with Gasteiger partial charge in [0.25, 0.3) is 0 Å². The largest absolute Gasteiger partial charge is 0.490 e. The minimum atomic E-state index is -0.972. The molecular formula is C29H31N5O3. The van der Waals surface area contributed by atoms with Crippen LogP contribution in [0.3, 0.4) is 0 Å². The van der Waals surface area contributed by atoms with E-state index >= 15 is 0 Å². The Morgan fingerprint density at radius 2 is 1.84 bits per heavy atom.